The zero-order valence-electron chi connectivity index (χ0n) is 14.4. The maximum Gasteiger partial charge on any atom is 0.354 e. The first-order valence-electron chi connectivity index (χ1n) is 8.31. The molecule has 1 amide bonds. The number of hydrogen-bond donors (Lipinski definition) is 3. The van der Waals surface area contributed by atoms with Crippen molar-refractivity contribution < 1.29 is 19.4 Å². The van der Waals surface area contributed by atoms with Crippen molar-refractivity contribution in [2.45, 2.75) is 13.3 Å². The lowest BCUT2D eigenvalue weighted by Gasteiger charge is -2.16. The molecule has 0 bridgehead atoms. The van der Waals surface area contributed by atoms with E-state index < -0.39 is 11.9 Å². The summed E-state index contributed by atoms with van der Waals surface area (Å²) in [6.45, 7) is 2.25. The number of nitrogens with one attached hydrogen (secondary N) is 1. The number of aromatic nitrogens is 2. The molecule has 1 aliphatic rings. The van der Waals surface area contributed by atoms with Crippen LogP contribution in [0.3, 0.4) is 0 Å². The lowest BCUT2D eigenvalue weighted by molar-refractivity contribution is 0.0690. The summed E-state index contributed by atoms with van der Waals surface area (Å²) in [6.07, 6.45) is 2.11. The number of benzene rings is 1. The number of carbonyl (C=O) groups is 2. The number of rotatable bonds is 4. The number of carboxylic acid groups (broad SMARTS) is 1. The second-order valence-corrected chi connectivity index (χ2v) is 6.21. The summed E-state index contributed by atoms with van der Waals surface area (Å²) in [5, 5.41) is 13.1. The maximum absolute atomic E-state index is 12.0. The molecular weight excluding hydrogens is 348 g/mol. The molecule has 0 saturated carbocycles. The molecule has 0 unspecified atom stereocenters. The Hall–Kier alpha value is -3.68. The second kappa shape index (κ2) is 6.24. The highest BCUT2D eigenvalue weighted by Crippen LogP contribution is 2.36. The minimum Gasteiger partial charge on any atom is -0.493 e. The van der Waals surface area contributed by atoms with E-state index in [1.807, 2.05) is 18.2 Å². The van der Waals surface area contributed by atoms with Crippen LogP contribution in [0.5, 0.6) is 5.75 Å². The topological polar surface area (TPSA) is 127 Å². The van der Waals surface area contributed by atoms with Gasteiger partial charge in [0, 0.05) is 29.3 Å². The van der Waals surface area contributed by atoms with Gasteiger partial charge in [-0.15, -0.1) is 0 Å². The van der Waals surface area contributed by atoms with Gasteiger partial charge in [0.2, 0.25) is 0 Å². The van der Waals surface area contributed by atoms with Gasteiger partial charge in [-0.3, -0.25) is 9.78 Å². The van der Waals surface area contributed by atoms with Gasteiger partial charge < -0.3 is 20.9 Å². The second-order valence-electron chi connectivity index (χ2n) is 6.21. The third kappa shape index (κ3) is 2.80. The molecule has 0 saturated heterocycles. The molecule has 4 N–H and O–H groups in total. The summed E-state index contributed by atoms with van der Waals surface area (Å²) in [5.41, 5.74) is 8.68. The summed E-state index contributed by atoms with van der Waals surface area (Å²) in [6, 6.07) is 6.99. The minimum absolute atomic E-state index is 0.131. The molecule has 3 aromatic rings. The lowest BCUT2D eigenvalue weighted by atomic mass is 10.1. The lowest BCUT2D eigenvalue weighted by Crippen LogP contribution is -2.15. The molecule has 1 aromatic carbocycles. The first-order valence-corrected chi connectivity index (χ1v) is 8.31. The predicted octanol–water partition coefficient (Wildman–Crippen LogP) is 2.41. The number of hydrogen-bond acceptors (Lipinski definition) is 6. The molecule has 0 spiro atoms. The van der Waals surface area contributed by atoms with E-state index in [0.717, 1.165) is 23.4 Å². The molecule has 3 heterocycles. The van der Waals surface area contributed by atoms with Crippen LogP contribution in [0.2, 0.25) is 0 Å². The SMILES string of the molecule is Cc1nc(C(=O)O)cc2c(Nc3cccc4c3CCO4)c(C(N)=O)cnc12. The molecular formula is C19H16N4O4. The third-order valence-corrected chi connectivity index (χ3v) is 4.52. The van der Waals surface area contributed by atoms with Gasteiger partial charge in [0.25, 0.3) is 5.91 Å². The van der Waals surface area contributed by atoms with E-state index in [1.54, 1.807) is 6.92 Å². The van der Waals surface area contributed by atoms with Gasteiger partial charge in [0.15, 0.2) is 0 Å². The van der Waals surface area contributed by atoms with Crippen LogP contribution in [0, 0.1) is 6.92 Å². The van der Waals surface area contributed by atoms with Gasteiger partial charge >= 0.3 is 5.97 Å². The zero-order valence-corrected chi connectivity index (χ0v) is 14.4. The van der Waals surface area contributed by atoms with Crippen molar-refractivity contribution in [2.24, 2.45) is 5.73 Å². The van der Waals surface area contributed by atoms with E-state index in [-0.39, 0.29) is 11.3 Å². The molecule has 8 heteroatoms. The number of nitrogens with two attached hydrogens (primary N) is 1. The van der Waals surface area contributed by atoms with E-state index in [1.165, 1.54) is 12.3 Å². The first-order chi connectivity index (χ1) is 13.0. The molecule has 0 radical (unpaired) electrons. The molecule has 0 aliphatic carbocycles. The highest BCUT2D eigenvalue weighted by molar-refractivity contribution is 6.09. The Morgan fingerprint density at radius 2 is 2.15 bits per heavy atom. The van der Waals surface area contributed by atoms with Crippen molar-refractivity contribution in [3.8, 4) is 5.75 Å². The molecule has 136 valence electrons. The van der Waals surface area contributed by atoms with Gasteiger partial charge in [-0.05, 0) is 25.1 Å². The van der Waals surface area contributed by atoms with Crippen molar-refractivity contribution in [1.82, 2.24) is 9.97 Å². The Bertz CT molecular complexity index is 1110. The number of aromatic carboxylic acids is 1. The smallest absolute Gasteiger partial charge is 0.354 e. The van der Waals surface area contributed by atoms with Crippen molar-refractivity contribution in [3.63, 3.8) is 0 Å². The standard InChI is InChI=1S/C19H16N4O4/c1-9-16-11(7-14(22-9)19(25)26)17(12(8-21-16)18(20)24)23-13-3-2-4-15-10(13)5-6-27-15/h2-4,7-8H,5-6H2,1H3,(H2,20,24)(H,21,23)(H,25,26). The number of carboxylic acids is 1. The number of pyridine rings is 2. The van der Waals surface area contributed by atoms with Crippen LogP contribution in [-0.2, 0) is 6.42 Å². The Balaban J connectivity index is 1.97. The van der Waals surface area contributed by atoms with Crippen LogP contribution in [0.15, 0.2) is 30.5 Å². The average Bonchev–Trinajstić information content (AvgIpc) is 3.11. The quantitative estimate of drug-likeness (QED) is 0.648. The molecule has 0 fully saturated rings. The number of anilines is 2. The summed E-state index contributed by atoms with van der Waals surface area (Å²) < 4.78 is 5.58. The Labute approximate surface area is 154 Å². The number of aryl methyl sites for hydroxylation is 1. The fraction of sp³-hybridized carbons (Fsp3) is 0.158. The van der Waals surface area contributed by atoms with E-state index >= 15 is 0 Å². The van der Waals surface area contributed by atoms with Gasteiger partial charge in [-0.25, -0.2) is 9.78 Å². The van der Waals surface area contributed by atoms with E-state index in [9.17, 15) is 14.7 Å². The number of carbonyl (C=O) groups excluding carboxylic acids is 1. The number of nitrogens with zero attached hydrogens (tertiary/aromatic N) is 2. The number of ether oxygens (including phenoxy) is 1. The van der Waals surface area contributed by atoms with Crippen molar-refractivity contribution in [3.05, 3.63) is 53.0 Å². The summed E-state index contributed by atoms with van der Waals surface area (Å²) >= 11 is 0. The molecule has 27 heavy (non-hydrogen) atoms. The van der Waals surface area contributed by atoms with Crippen molar-refractivity contribution >= 4 is 34.2 Å². The maximum atomic E-state index is 12.0. The number of amides is 1. The first kappa shape index (κ1) is 16.8. The van der Waals surface area contributed by atoms with Crippen LogP contribution in [0.4, 0.5) is 11.4 Å². The van der Waals surface area contributed by atoms with E-state index in [2.05, 4.69) is 15.3 Å². The summed E-state index contributed by atoms with van der Waals surface area (Å²) in [5.74, 6) is -1.05. The highest BCUT2D eigenvalue weighted by Gasteiger charge is 2.21. The van der Waals surface area contributed by atoms with Crippen LogP contribution >= 0.6 is 0 Å². The zero-order chi connectivity index (χ0) is 19.1. The number of fused-ring (bicyclic) bond motifs is 2. The molecule has 1 aliphatic heterocycles. The predicted molar refractivity (Wildman–Crippen MR) is 98.7 cm³/mol. The number of primary amides is 1. The molecule has 0 atom stereocenters. The third-order valence-electron chi connectivity index (χ3n) is 4.52. The molecule has 8 nitrogen and oxygen atoms in total. The highest BCUT2D eigenvalue weighted by atomic mass is 16.5. The van der Waals surface area contributed by atoms with Gasteiger partial charge in [-0.2, -0.15) is 0 Å². The van der Waals surface area contributed by atoms with Crippen molar-refractivity contribution in [1.29, 1.82) is 0 Å². The molecule has 2 aromatic heterocycles. The van der Waals surface area contributed by atoms with E-state index in [4.69, 9.17) is 10.5 Å². The van der Waals surface area contributed by atoms with Gasteiger partial charge in [-0.1, -0.05) is 6.07 Å². The van der Waals surface area contributed by atoms with Crippen LogP contribution < -0.4 is 15.8 Å². The minimum atomic E-state index is -1.16. The van der Waals surface area contributed by atoms with Crippen LogP contribution in [0.25, 0.3) is 10.9 Å². The van der Waals surface area contributed by atoms with Crippen LogP contribution in [-0.4, -0.2) is 33.6 Å². The summed E-state index contributed by atoms with van der Waals surface area (Å²) in [4.78, 5) is 31.7. The van der Waals surface area contributed by atoms with Gasteiger partial charge in [0.1, 0.15) is 11.4 Å². The largest absolute Gasteiger partial charge is 0.493 e. The van der Waals surface area contributed by atoms with E-state index in [0.29, 0.717) is 28.9 Å². The fourth-order valence-corrected chi connectivity index (χ4v) is 3.26. The Morgan fingerprint density at radius 3 is 2.89 bits per heavy atom. The Morgan fingerprint density at radius 1 is 1.33 bits per heavy atom. The summed E-state index contributed by atoms with van der Waals surface area (Å²) in [7, 11) is 0. The Kier molecular flexibility index (Phi) is 3.88. The average molecular weight is 364 g/mol. The monoisotopic (exact) mass is 364 g/mol. The normalized spacial score (nSPS) is 12.5. The van der Waals surface area contributed by atoms with Crippen LogP contribution in [0.1, 0.15) is 32.1 Å². The van der Waals surface area contributed by atoms with Crippen molar-refractivity contribution in [2.75, 3.05) is 11.9 Å². The fourth-order valence-electron chi connectivity index (χ4n) is 3.26. The van der Waals surface area contributed by atoms with Gasteiger partial charge in [0.05, 0.1) is 29.1 Å². The molecule has 4 rings (SSSR count).